The summed E-state index contributed by atoms with van der Waals surface area (Å²) in [6, 6.07) is 25.9. The van der Waals surface area contributed by atoms with Crippen LogP contribution in [0, 0.1) is 0 Å². The zero-order chi connectivity index (χ0) is 29.8. The lowest BCUT2D eigenvalue weighted by Gasteiger charge is -2.42. The second-order valence-electron chi connectivity index (χ2n) is 9.49. The summed E-state index contributed by atoms with van der Waals surface area (Å²) in [7, 11) is 0. The molecule has 1 aliphatic heterocycles. The van der Waals surface area contributed by atoms with E-state index < -0.39 is 48.6 Å². The standard InChI is InChI=1S/C31H24N4O8/c36-27(19-11-4-1-5-12-19)40-22-23(41-28(37)20-13-6-2-7-14-20)25(43-29(38)21-15-8-3-9-16-21)30(39)42-24(22)26-33-31-32-17-10-18-35(31)34-26/h1-18,22-25,30,39H/t22-,23-,24?,25+,30?/m0/s1. The molecule has 3 heterocycles. The Kier molecular flexibility index (Phi) is 7.85. The summed E-state index contributed by atoms with van der Waals surface area (Å²) in [5.41, 5.74) is 0.551. The number of fused-ring (bicyclic) bond motifs is 1. The van der Waals surface area contributed by atoms with Gasteiger partial charge in [0.1, 0.15) is 0 Å². The first kappa shape index (κ1) is 27.7. The van der Waals surface area contributed by atoms with Gasteiger partial charge in [0.25, 0.3) is 5.78 Å². The summed E-state index contributed by atoms with van der Waals surface area (Å²) in [6.07, 6.45) is -4.72. The van der Waals surface area contributed by atoms with Crippen molar-refractivity contribution in [3.8, 4) is 0 Å². The minimum Gasteiger partial charge on any atom is -0.451 e. The number of ether oxygens (including phenoxy) is 4. The molecule has 2 unspecified atom stereocenters. The number of carbonyl (C=O) groups is 3. The summed E-state index contributed by atoms with van der Waals surface area (Å²) < 4.78 is 24.7. The van der Waals surface area contributed by atoms with Crippen LogP contribution in [-0.4, -0.2) is 67.2 Å². The number of esters is 3. The maximum Gasteiger partial charge on any atom is 0.338 e. The molecule has 0 bridgehead atoms. The van der Waals surface area contributed by atoms with Gasteiger partial charge >= 0.3 is 17.9 Å². The third-order valence-corrected chi connectivity index (χ3v) is 6.66. The number of nitrogens with zero attached hydrogens (tertiary/aromatic N) is 4. The minimum atomic E-state index is -1.84. The van der Waals surface area contributed by atoms with Gasteiger partial charge in [0.2, 0.25) is 0 Å². The molecular weight excluding hydrogens is 556 g/mol. The van der Waals surface area contributed by atoms with Gasteiger partial charge in [0.05, 0.1) is 16.7 Å². The third-order valence-electron chi connectivity index (χ3n) is 6.66. The van der Waals surface area contributed by atoms with E-state index in [0.717, 1.165) is 0 Å². The summed E-state index contributed by atoms with van der Waals surface area (Å²) in [4.78, 5) is 48.3. The molecular formula is C31H24N4O8. The van der Waals surface area contributed by atoms with Gasteiger partial charge in [-0.05, 0) is 42.5 Å². The molecule has 2 aromatic heterocycles. The Labute approximate surface area is 244 Å². The Morgan fingerprint density at radius 1 is 0.674 bits per heavy atom. The number of aliphatic hydroxyl groups excluding tert-OH is 1. The Bertz CT molecular complexity index is 1700. The van der Waals surface area contributed by atoms with Crippen molar-refractivity contribution in [2.45, 2.75) is 30.7 Å². The van der Waals surface area contributed by atoms with Crippen LogP contribution in [-0.2, 0) is 18.9 Å². The summed E-state index contributed by atoms with van der Waals surface area (Å²) in [5.74, 6) is -2.23. The van der Waals surface area contributed by atoms with Gasteiger partial charge in [0, 0.05) is 12.4 Å². The molecule has 0 spiro atoms. The van der Waals surface area contributed by atoms with E-state index in [1.807, 2.05) is 0 Å². The number of hydrogen-bond donors (Lipinski definition) is 1. The molecule has 0 amide bonds. The van der Waals surface area contributed by atoms with Crippen molar-refractivity contribution in [3.05, 3.63) is 132 Å². The minimum absolute atomic E-state index is 0.0165. The topological polar surface area (TPSA) is 151 Å². The van der Waals surface area contributed by atoms with Crippen LogP contribution < -0.4 is 0 Å². The molecule has 1 aliphatic rings. The third kappa shape index (κ3) is 5.96. The van der Waals surface area contributed by atoms with Crippen molar-refractivity contribution in [3.63, 3.8) is 0 Å². The zero-order valence-electron chi connectivity index (χ0n) is 22.4. The van der Waals surface area contributed by atoms with Crippen LogP contribution in [0.1, 0.15) is 43.0 Å². The van der Waals surface area contributed by atoms with Crippen molar-refractivity contribution in [2.75, 3.05) is 0 Å². The van der Waals surface area contributed by atoms with Crippen molar-refractivity contribution >= 4 is 23.7 Å². The van der Waals surface area contributed by atoms with Crippen LogP contribution in [0.5, 0.6) is 0 Å². The number of benzene rings is 3. The fraction of sp³-hybridized carbons (Fsp3) is 0.161. The maximum absolute atomic E-state index is 13.3. The van der Waals surface area contributed by atoms with E-state index in [9.17, 15) is 19.5 Å². The van der Waals surface area contributed by atoms with E-state index in [1.54, 1.807) is 79.0 Å². The van der Waals surface area contributed by atoms with Gasteiger partial charge in [0.15, 0.2) is 36.5 Å². The summed E-state index contributed by atoms with van der Waals surface area (Å²) in [6.45, 7) is 0. The normalized spacial score (nSPS) is 21.6. The second-order valence-corrected chi connectivity index (χ2v) is 9.49. The highest BCUT2D eigenvalue weighted by Crippen LogP contribution is 2.36. The van der Waals surface area contributed by atoms with E-state index in [2.05, 4.69) is 15.1 Å². The van der Waals surface area contributed by atoms with E-state index in [0.29, 0.717) is 0 Å². The average Bonchev–Trinajstić information content (AvgIpc) is 3.49. The van der Waals surface area contributed by atoms with Gasteiger partial charge < -0.3 is 24.1 Å². The Hall–Kier alpha value is -5.46. The van der Waals surface area contributed by atoms with Crippen LogP contribution in [0.4, 0.5) is 0 Å². The lowest BCUT2D eigenvalue weighted by molar-refractivity contribution is -0.283. The molecule has 1 fully saturated rings. The summed E-state index contributed by atoms with van der Waals surface area (Å²) in [5, 5.41) is 15.6. The lowest BCUT2D eigenvalue weighted by atomic mass is 9.97. The molecule has 43 heavy (non-hydrogen) atoms. The number of hydrogen-bond acceptors (Lipinski definition) is 11. The molecule has 0 aliphatic carbocycles. The Balaban J connectivity index is 1.42. The zero-order valence-corrected chi connectivity index (χ0v) is 22.4. The predicted molar refractivity (Wildman–Crippen MR) is 148 cm³/mol. The van der Waals surface area contributed by atoms with Crippen molar-refractivity contribution in [2.24, 2.45) is 0 Å². The first-order valence-electron chi connectivity index (χ1n) is 13.3. The largest absolute Gasteiger partial charge is 0.451 e. The van der Waals surface area contributed by atoms with E-state index in [1.165, 1.54) is 35.0 Å². The molecule has 1 N–H and O–H groups in total. The highest BCUT2D eigenvalue weighted by atomic mass is 16.7. The van der Waals surface area contributed by atoms with E-state index in [4.69, 9.17) is 18.9 Å². The SMILES string of the molecule is O=C(O[C@H]1[C@H](OC(=O)c2ccccc2)C(c2nc3ncccn3n2)OC(O)[C@@H]1OC(=O)c1ccccc1)c1ccccc1. The average molecular weight is 581 g/mol. The highest BCUT2D eigenvalue weighted by molar-refractivity contribution is 5.91. The van der Waals surface area contributed by atoms with Gasteiger partial charge in [-0.1, -0.05) is 54.6 Å². The van der Waals surface area contributed by atoms with E-state index in [-0.39, 0.29) is 28.3 Å². The quantitative estimate of drug-likeness (QED) is 0.223. The van der Waals surface area contributed by atoms with Gasteiger partial charge in [-0.25, -0.2) is 23.9 Å². The highest BCUT2D eigenvalue weighted by Gasteiger charge is 2.54. The van der Waals surface area contributed by atoms with Crippen LogP contribution in [0.3, 0.4) is 0 Å². The molecule has 12 nitrogen and oxygen atoms in total. The molecule has 6 rings (SSSR count). The van der Waals surface area contributed by atoms with Crippen molar-refractivity contribution in [1.29, 1.82) is 0 Å². The number of carbonyl (C=O) groups excluding carboxylic acids is 3. The smallest absolute Gasteiger partial charge is 0.338 e. The monoisotopic (exact) mass is 580 g/mol. The second kappa shape index (κ2) is 12.2. The molecule has 0 saturated carbocycles. The van der Waals surface area contributed by atoms with Crippen LogP contribution in [0.2, 0.25) is 0 Å². The fourth-order valence-corrected chi connectivity index (χ4v) is 4.59. The maximum atomic E-state index is 13.3. The van der Waals surface area contributed by atoms with Gasteiger partial charge in [-0.3, -0.25) is 0 Å². The van der Waals surface area contributed by atoms with Crippen molar-refractivity contribution in [1.82, 2.24) is 19.6 Å². The molecule has 1 saturated heterocycles. The molecule has 5 aromatic rings. The lowest BCUT2D eigenvalue weighted by Crippen LogP contribution is -2.58. The van der Waals surface area contributed by atoms with Gasteiger partial charge in [-0.15, -0.1) is 5.10 Å². The molecule has 5 atom stereocenters. The number of rotatable bonds is 7. The molecule has 3 aromatic carbocycles. The van der Waals surface area contributed by atoms with Crippen molar-refractivity contribution < 1.29 is 38.4 Å². The first-order chi connectivity index (χ1) is 21.0. The molecule has 12 heteroatoms. The van der Waals surface area contributed by atoms with E-state index >= 15 is 0 Å². The Morgan fingerprint density at radius 2 is 1.16 bits per heavy atom. The van der Waals surface area contributed by atoms with Crippen LogP contribution in [0.25, 0.3) is 5.78 Å². The first-order valence-corrected chi connectivity index (χ1v) is 13.3. The fourth-order valence-electron chi connectivity index (χ4n) is 4.59. The molecule has 0 radical (unpaired) electrons. The summed E-state index contributed by atoms with van der Waals surface area (Å²) >= 11 is 0. The number of aliphatic hydroxyl groups is 1. The molecule has 216 valence electrons. The Morgan fingerprint density at radius 3 is 1.67 bits per heavy atom. The predicted octanol–water partition coefficient (Wildman–Crippen LogP) is 3.19. The number of aromatic nitrogens is 4. The van der Waals surface area contributed by atoms with Crippen LogP contribution >= 0.6 is 0 Å². The van der Waals surface area contributed by atoms with Gasteiger partial charge in [-0.2, -0.15) is 4.98 Å². The van der Waals surface area contributed by atoms with Crippen LogP contribution in [0.15, 0.2) is 109 Å².